The summed E-state index contributed by atoms with van der Waals surface area (Å²) in [7, 11) is 1.49. The summed E-state index contributed by atoms with van der Waals surface area (Å²) >= 11 is 0. The van der Waals surface area contributed by atoms with E-state index in [0.717, 1.165) is 11.0 Å². The Bertz CT molecular complexity index is 651. The van der Waals surface area contributed by atoms with Crippen LogP contribution in [0.2, 0.25) is 0 Å². The molecule has 0 radical (unpaired) electrons. The molecule has 94 valence electrons. The summed E-state index contributed by atoms with van der Waals surface area (Å²) in [6, 6.07) is 9.64. The standard InChI is InChI=1S/C14H16N2O2/c1-11-3-5-12(6-4-11)7-9-16-10-8-13(17)15(2)14(16)18/h3-6,8,10H,7,9H2,1-2H3. The van der Waals surface area contributed by atoms with E-state index < -0.39 is 0 Å². The first-order valence-corrected chi connectivity index (χ1v) is 5.90. The summed E-state index contributed by atoms with van der Waals surface area (Å²) in [5, 5.41) is 0. The average molecular weight is 244 g/mol. The van der Waals surface area contributed by atoms with Crippen molar-refractivity contribution in [2.24, 2.45) is 7.05 Å². The third kappa shape index (κ3) is 2.59. The van der Waals surface area contributed by atoms with E-state index in [0.29, 0.717) is 6.54 Å². The van der Waals surface area contributed by atoms with Crippen LogP contribution in [0, 0.1) is 6.92 Å². The Morgan fingerprint density at radius 3 is 2.39 bits per heavy atom. The van der Waals surface area contributed by atoms with E-state index >= 15 is 0 Å². The zero-order valence-electron chi connectivity index (χ0n) is 10.6. The van der Waals surface area contributed by atoms with Crippen molar-refractivity contribution in [1.82, 2.24) is 9.13 Å². The summed E-state index contributed by atoms with van der Waals surface area (Å²) < 4.78 is 2.68. The van der Waals surface area contributed by atoms with Gasteiger partial charge in [0.1, 0.15) is 0 Å². The highest BCUT2D eigenvalue weighted by molar-refractivity contribution is 5.21. The van der Waals surface area contributed by atoms with E-state index in [2.05, 4.69) is 24.3 Å². The zero-order valence-corrected chi connectivity index (χ0v) is 10.6. The number of nitrogens with zero attached hydrogens (tertiary/aromatic N) is 2. The number of rotatable bonds is 3. The van der Waals surface area contributed by atoms with Gasteiger partial charge in [0.05, 0.1) is 0 Å². The van der Waals surface area contributed by atoms with Gasteiger partial charge in [0.15, 0.2) is 0 Å². The number of aryl methyl sites for hydroxylation is 3. The summed E-state index contributed by atoms with van der Waals surface area (Å²) in [6.45, 7) is 2.62. The molecule has 0 N–H and O–H groups in total. The van der Waals surface area contributed by atoms with Gasteiger partial charge in [-0.25, -0.2) is 4.79 Å². The number of hydrogen-bond donors (Lipinski definition) is 0. The second-order valence-electron chi connectivity index (χ2n) is 4.42. The molecule has 0 saturated heterocycles. The SMILES string of the molecule is Cc1ccc(CCn2ccc(=O)n(C)c2=O)cc1. The molecule has 0 spiro atoms. The predicted octanol–water partition coefficient (Wildman–Crippen LogP) is 1.10. The lowest BCUT2D eigenvalue weighted by atomic mass is 10.1. The van der Waals surface area contributed by atoms with Crippen LogP contribution in [0.1, 0.15) is 11.1 Å². The van der Waals surface area contributed by atoms with Crippen molar-refractivity contribution in [2.75, 3.05) is 0 Å². The summed E-state index contributed by atoms with van der Waals surface area (Å²) in [5.74, 6) is 0. The number of aromatic nitrogens is 2. The fourth-order valence-electron chi connectivity index (χ4n) is 1.79. The minimum absolute atomic E-state index is 0.269. The minimum Gasteiger partial charge on any atom is -0.300 e. The molecule has 0 aliphatic heterocycles. The quantitative estimate of drug-likeness (QED) is 0.811. The van der Waals surface area contributed by atoms with E-state index in [1.807, 2.05) is 6.92 Å². The van der Waals surface area contributed by atoms with Crippen molar-refractivity contribution < 1.29 is 0 Å². The van der Waals surface area contributed by atoms with Gasteiger partial charge in [0, 0.05) is 25.9 Å². The van der Waals surface area contributed by atoms with Gasteiger partial charge in [0.2, 0.25) is 0 Å². The molecule has 1 aromatic heterocycles. The van der Waals surface area contributed by atoms with Crippen LogP contribution < -0.4 is 11.2 Å². The maximum Gasteiger partial charge on any atom is 0.330 e. The first-order valence-electron chi connectivity index (χ1n) is 5.90. The molecule has 1 aromatic carbocycles. The minimum atomic E-state index is -0.272. The molecule has 18 heavy (non-hydrogen) atoms. The summed E-state index contributed by atoms with van der Waals surface area (Å²) in [5.41, 5.74) is 1.86. The first kappa shape index (κ1) is 12.4. The fraction of sp³-hybridized carbons (Fsp3) is 0.286. The van der Waals surface area contributed by atoms with Crippen molar-refractivity contribution in [2.45, 2.75) is 19.9 Å². The van der Waals surface area contributed by atoms with Crippen LogP contribution in [0.25, 0.3) is 0 Å². The predicted molar refractivity (Wildman–Crippen MR) is 70.8 cm³/mol. The second-order valence-corrected chi connectivity index (χ2v) is 4.42. The van der Waals surface area contributed by atoms with Gasteiger partial charge in [0.25, 0.3) is 5.56 Å². The normalized spacial score (nSPS) is 10.6. The van der Waals surface area contributed by atoms with Crippen molar-refractivity contribution in [3.8, 4) is 0 Å². The lowest BCUT2D eigenvalue weighted by Crippen LogP contribution is -2.37. The van der Waals surface area contributed by atoms with Gasteiger partial charge < -0.3 is 4.57 Å². The average Bonchev–Trinajstić information content (AvgIpc) is 2.37. The Morgan fingerprint density at radius 2 is 1.72 bits per heavy atom. The van der Waals surface area contributed by atoms with Gasteiger partial charge in [-0.05, 0) is 18.9 Å². The molecule has 0 aliphatic carbocycles. The highest BCUT2D eigenvalue weighted by atomic mass is 16.2. The zero-order chi connectivity index (χ0) is 13.1. The van der Waals surface area contributed by atoms with Crippen molar-refractivity contribution in [3.05, 3.63) is 68.5 Å². The molecule has 2 aromatic rings. The van der Waals surface area contributed by atoms with Crippen LogP contribution in [0.5, 0.6) is 0 Å². The molecular weight excluding hydrogens is 228 g/mol. The van der Waals surface area contributed by atoms with Gasteiger partial charge >= 0.3 is 5.69 Å². The third-order valence-electron chi connectivity index (χ3n) is 3.02. The van der Waals surface area contributed by atoms with Crippen LogP contribution in [-0.4, -0.2) is 9.13 Å². The monoisotopic (exact) mass is 244 g/mol. The van der Waals surface area contributed by atoms with Crippen molar-refractivity contribution >= 4 is 0 Å². The third-order valence-corrected chi connectivity index (χ3v) is 3.02. The highest BCUT2D eigenvalue weighted by Crippen LogP contribution is 2.04. The molecule has 2 rings (SSSR count). The van der Waals surface area contributed by atoms with Gasteiger partial charge in [-0.1, -0.05) is 29.8 Å². The van der Waals surface area contributed by atoms with Crippen molar-refractivity contribution in [1.29, 1.82) is 0 Å². The second kappa shape index (κ2) is 5.04. The Kier molecular flexibility index (Phi) is 3.46. The highest BCUT2D eigenvalue weighted by Gasteiger charge is 2.01. The van der Waals surface area contributed by atoms with Crippen LogP contribution in [-0.2, 0) is 20.0 Å². The maximum atomic E-state index is 11.8. The lowest BCUT2D eigenvalue weighted by molar-refractivity contribution is 0.599. The first-order chi connectivity index (χ1) is 8.58. The Balaban J connectivity index is 2.16. The molecule has 4 heteroatoms. The largest absolute Gasteiger partial charge is 0.330 e. The van der Waals surface area contributed by atoms with Gasteiger partial charge in [-0.15, -0.1) is 0 Å². The molecule has 0 bridgehead atoms. The Labute approximate surface area is 105 Å². The van der Waals surface area contributed by atoms with Gasteiger partial charge in [-0.2, -0.15) is 0 Å². The molecule has 0 atom stereocenters. The molecule has 0 unspecified atom stereocenters. The maximum absolute atomic E-state index is 11.8. The van der Waals surface area contributed by atoms with Crippen LogP contribution in [0.4, 0.5) is 0 Å². The van der Waals surface area contributed by atoms with Crippen LogP contribution >= 0.6 is 0 Å². The summed E-state index contributed by atoms with van der Waals surface area (Å²) in [6.07, 6.45) is 2.33. The molecule has 0 saturated carbocycles. The number of benzene rings is 1. The molecule has 0 amide bonds. The van der Waals surface area contributed by atoms with Crippen LogP contribution in [0.15, 0.2) is 46.1 Å². The molecule has 0 aliphatic rings. The van der Waals surface area contributed by atoms with E-state index in [1.165, 1.54) is 24.2 Å². The van der Waals surface area contributed by atoms with E-state index in [1.54, 1.807) is 10.8 Å². The van der Waals surface area contributed by atoms with Crippen molar-refractivity contribution in [3.63, 3.8) is 0 Å². The molecule has 0 fully saturated rings. The van der Waals surface area contributed by atoms with E-state index in [9.17, 15) is 9.59 Å². The topological polar surface area (TPSA) is 44.0 Å². The van der Waals surface area contributed by atoms with E-state index in [4.69, 9.17) is 0 Å². The molecule has 1 heterocycles. The van der Waals surface area contributed by atoms with E-state index in [-0.39, 0.29) is 11.2 Å². The fourth-order valence-corrected chi connectivity index (χ4v) is 1.79. The molecule has 4 nitrogen and oxygen atoms in total. The summed E-state index contributed by atoms with van der Waals surface area (Å²) in [4.78, 5) is 23.0. The smallest absolute Gasteiger partial charge is 0.300 e. The molecular formula is C14H16N2O2. The lowest BCUT2D eigenvalue weighted by Gasteiger charge is -2.07. The Morgan fingerprint density at radius 1 is 1.06 bits per heavy atom. The number of hydrogen-bond acceptors (Lipinski definition) is 2. The van der Waals surface area contributed by atoms with Crippen LogP contribution in [0.3, 0.4) is 0 Å². The Hall–Kier alpha value is -2.10. The van der Waals surface area contributed by atoms with Gasteiger partial charge in [-0.3, -0.25) is 9.36 Å².